The summed E-state index contributed by atoms with van der Waals surface area (Å²) >= 11 is 0. The number of hydrogen-bond donors (Lipinski definition) is 0. The molecule has 5 nitrogen and oxygen atoms in total. The van der Waals surface area contributed by atoms with Crippen LogP contribution in [0.4, 0.5) is 13.2 Å². The summed E-state index contributed by atoms with van der Waals surface area (Å²) in [6, 6.07) is 12.7. The minimum Gasteiger partial charge on any atom is -0.462 e. The number of rotatable bonds is 6. The highest BCUT2D eigenvalue weighted by Gasteiger charge is 2.64. The first kappa shape index (κ1) is 20.9. The molecule has 29 heavy (non-hydrogen) atoms. The van der Waals surface area contributed by atoms with Crippen molar-refractivity contribution in [1.82, 2.24) is 0 Å². The van der Waals surface area contributed by atoms with Crippen LogP contribution in [0.1, 0.15) is 24.0 Å². The van der Waals surface area contributed by atoms with Crippen LogP contribution in [0.25, 0.3) is 0 Å². The lowest BCUT2D eigenvalue weighted by molar-refractivity contribution is -0.272. The molecular weight excluding hydrogens is 389 g/mol. The van der Waals surface area contributed by atoms with Crippen molar-refractivity contribution in [3.8, 4) is 5.75 Å². The molecule has 0 aromatic heterocycles. The highest BCUT2D eigenvalue weighted by atomic mass is 19.4. The molecule has 0 unspecified atom stereocenters. The monoisotopic (exact) mass is 408 g/mol. The van der Waals surface area contributed by atoms with E-state index in [0.717, 1.165) is 19.2 Å². The van der Waals surface area contributed by atoms with Crippen LogP contribution in [0.15, 0.2) is 54.6 Å². The first-order valence-electron chi connectivity index (χ1n) is 8.94. The zero-order chi connectivity index (χ0) is 21.1. The Morgan fingerprint density at radius 2 is 1.86 bits per heavy atom. The van der Waals surface area contributed by atoms with Crippen LogP contribution in [-0.4, -0.2) is 31.3 Å². The lowest BCUT2D eigenvalue weighted by atomic mass is 9.92. The number of esters is 2. The van der Waals surface area contributed by atoms with Gasteiger partial charge in [-0.05, 0) is 24.1 Å². The fraction of sp³-hybridized carbons (Fsp3) is 0.333. The second-order valence-electron chi connectivity index (χ2n) is 6.64. The summed E-state index contributed by atoms with van der Waals surface area (Å²) < 4.78 is 56.7. The summed E-state index contributed by atoms with van der Waals surface area (Å²) in [5, 5.41) is 0. The molecular formula is C21H19F3O5. The SMILES string of the molecule is CO[C@](C(=O)Oc1cccc(C[C@H]2CCC(=O)O2)c1)(c1ccccc1)C(F)(F)F. The predicted octanol–water partition coefficient (Wildman–Crippen LogP) is 3.94. The summed E-state index contributed by atoms with van der Waals surface area (Å²) in [7, 11) is 0.812. The topological polar surface area (TPSA) is 61.8 Å². The Kier molecular flexibility index (Phi) is 5.93. The molecule has 1 saturated heterocycles. The molecule has 0 aliphatic carbocycles. The van der Waals surface area contributed by atoms with Gasteiger partial charge < -0.3 is 14.2 Å². The highest BCUT2D eigenvalue weighted by Crippen LogP contribution is 2.43. The van der Waals surface area contributed by atoms with Crippen molar-refractivity contribution in [3.63, 3.8) is 0 Å². The van der Waals surface area contributed by atoms with E-state index < -0.39 is 17.7 Å². The number of halogens is 3. The summed E-state index contributed by atoms with van der Waals surface area (Å²) in [6.45, 7) is 0. The molecule has 0 radical (unpaired) electrons. The number of hydrogen-bond acceptors (Lipinski definition) is 5. The van der Waals surface area contributed by atoms with Crippen LogP contribution in [0.2, 0.25) is 0 Å². The van der Waals surface area contributed by atoms with Crippen LogP contribution < -0.4 is 4.74 Å². The van der Waals surface area contributed by atoms with Crippen LogP contribution in [0.3, 0.4) is 0 Å². The number of benzene rings is 2. The molecule has 2 aromatic rings. The van der Waals surface area contributed by atoms with E-state index in [4.69, 9.17) is 14.2 Å². The number of carbonyl (C=O) groups is 2. The molecule has 0 N–H and O–H groups in total. The van der Waals surface area contributed by atoms with E-state index in [2.05, 4.69) is 0 Å². The number of ether oxygens (including phenoxy) is 3. The number of alkyl halides is 3. The lowest BCUT2D eigenvalue weighted by Crippen LogP contribution is -2.52. The zero-order valence-electron chi connectivity index (χ0n) is 15.6. The first-order valence-corrected chi connectivity index (χ1v) is 8.94. The maximum absolute atomic E-state index is 13.9. The third-order valence-electron chi connectivity index (χ3n) is 4.71. The van der Waals surface area contributed by atoms with Crippen molar-refractivity contribution in [1.29, 1.82) is 0 Å². The third kappa shape index (κ3) is 4.27. The molecule has 1 aliphatic rings. The minimum atomic E-state index is -5.05. The molecule has 2 atom stereocenters. The number of carbonyl (C=O) groups excluding carboxylic acids is 2. The Balaban J connectivity index is 1.85. The second-order valence-corrected chi connectivity index (χ2v) is 6.64. The van der Waals surface area contributed by atoms with Gasteiger partial charge in [0.15, 0.2) is 0 Å². The van der Waals surface area contributed by atoms with E-state index in [1.807, 2.05) is 0 Å². The third-order valence-corrected chi connectivity index (χ3v) is 4.71. The van der Waals surface area contributed by atoms with Crippen LogP contribution in [0, 0.1) is 0 Å². The molecule has 8 heteroatoms. The van der Waals surface area contributed by atoms with Gasteiger partial charge in [0.2, 0.25) is 0 Å². The molecule has 3 rings (SSSR count). The van der Waals surface area contributed by atoms with E-state index in [0.29, 0.717) is 24.8 Å². The normalized spacial score (nSPS) is 18.8. The molecule has 0 bridgehead atoms. The van der Waals surface area contributed by atoms with Gasteiger partial charge in [-0.15, -0.1) is 0 Å². The van der Waals surface area contributed by atoms with Gasteiger partial charge in [-0.1, -0.05) is 42.5 Å². The van der Waals surface area contributed by atoms with Crippen LogP contribution >= 0.6 is 0 Å². The summed E-state index contributed by atoms with van der Waals surface area (Å²) in [5.74, 6) is -1.93. The molecule has 1 aliphatic heterocycles. The van der Waals surface area contributed by atoms with Gasteiger partial charge in [0.25, 0.3) is 5.60 Å². The van der Waals surface area contributed by atoms with Crippen molar-refractivity contribution in [2.24, 2.45) is 0 Å². The maximum atomic E-state index is 13.9. The van der Waals surface area contributed by atoms with E-state index in [1.54, 1.807) is 12.1 Å². The van der Waals surface area contributed by atoms with Gasteiger partial charge in [0.05, 0.1) is 0 Å². The Morgan fingerprint density at radius 3 is 2.45 bits per heavy atom. The molecule has 1 heterocycles. The number of methoxy groups -OCH3 is 1. The number of cyclic esters (lactones) is 1. The standard InChI is InChI=1S/C21H19F3O5/c1-27-20(21(22,23)24,15-7-3-2-4-8-15)19(26)29-16-9-5-6-14(12-16)13-17-10-11-18(25)28-17/h2-9,12,17H,10-11,13H2,1H3/t17-,20+/m1/s1. The van der Waals surface area contributed by atoms with Crippen LogP contribution in [0.5, 0.6) is 5.75 Å². The van der Waals surface area contributed by atoms with Gasteiger partial charge in [0, 0.05) is 25.5 Å². The molecule has 2 aromatic carbocycles. The molecule has 0 amide bonds. The highest BCUT2D eigenvalue weighted by molar-refractivity contribution is 5.84. The van der Waals surface area contributed by atoms with E-state index in [-0.39, 0.29) is 23.4 Å². The Hall–Kier alpha value is -2.87. The van der Waals surface area contributed by atoms with Crippen LogP contribution in [-0.2, 0) is 31.1 Å². The van der Waals surface area contributed by atoms with Crippen molar-refractivity contribution < 1.29 is 37.0 Å². The Bertz CT molecular complexity index is 881. The maximum Gasteiger partial charge on any atom is 0.432 e. The zero-order valence-corrected chi connectivity index (χ0v) is 15.6. The fourth-order valence-corrected chi connectivity index (χ4v) is 3.29. The van der Waals surface area contributed by atoms with Crippen molar-refractivity contribution in [2.45, 2.75) is 37.1 Å². The van der Waals surface area contributed by atoms with Gasteiger partial charge in [-0.3, -0.25) is 4.79 Å². The minimum absolute atomic E-state index is 0.0570. The molecule has 0 spiro atoms. The van der Waals surface area contributed by atoms with Gasteiger partial charge >= 0.3 is 18.1 Å². The Morgan fingerprint density at radius 1 is 1.14 bits per heavy atom. The molecule has 0 saturated carbocycles. The van der Waals surface area contributed by atoms with Crippen molar-refractivity contribution in [2.75, 3.05) is 7.11 Å². The van der Waals surface area contributed by atoms with E-state index in [1.165, 1.54) is 30.3 Å². The quantitative estimate of drug-likeness (QED) is 0.535. The fourth-order valence-electron chi connectivity index (χ4n) is 3.29. The van der Waals surface area contributed by atoms with Gasteiger partial charge in [-0.25, -0.2) is 4.79 Å². The lowest BCUT2D eigenvalue weighted by Gasteiger charge is -2.32. The Labute approximate surface area is 165 Å². The summed E-state index contributed by atoms with van der Waals surface area (Å²) in [5.41, 5.74) is -2.97. The van der Waals surface area contributed by atoms with Crippen molar-refractivity contribution >= 4 is 11.9 Å². The average molecular weight is 408 g/mol. The molecule has 154 valence electrons. The average Bonchev–Trinajstić information content (AvgIpc) is 3.07. The van der Waals surface area contributed by atoms with Gasteiger partial charge in [0.1, 0.15) is 11.9 Å². The summed E-state index contributed by atoms with van der Waals surface area (Å²) in [4.78, 5) is 23.9. The smallest absolute Gasteiger partial charge is 0.432 e. The second kappa shape index (κ2) is 8.24. The van der Waals surface area contributed by atoms with E-state index >= 15 is 0 Å². The predicted molar refractivity (Wildman–Crippen MR) is 96.1 cm³/mol. The van der Waals surface area contributed by atoms with Crippen molar-refractivity contribution in [3.05, 3.63) is 65.7 Å². The van der Waals surface area contributed by atoms with Gasteiger partial charge in [-0.2, -0.15) is 13.2 Å². The first-order chi connectivity index (χ1) is 13.8. The van der Waals surface area contributed by atoms with E-state index in [9.17, 15) is 22.8 Å². The molecule has 1 fully saturated rings. The largest absolute Gasteiger partial charge is 0.462 e. The summed E-state index contributed by atoms with van der Waals surface area (Å²) in [6.07, 6.45) is -4.07.